The van der Waals surface area contributed by atoms with E-state index in [9.17, 15) is 9.59 Å². The van der Waals surface area contributed by atoms with Gasteiger partial charge in [0.2, 0.25) is 5.91 Å². The number of hydrogen-bond acceptors (Lipinski definition) is 6. The van der Waals surface area contributed by atoms with Crippen molar-refractivity contribution in [2.24, 2.45) is 5.73 Å². The Hall–Kier alpha value is -3.59. The Morgan fingerprint density at radius 3 is 2.84 bits per heavy atom. The van der Waals surface area contributed by atoms with Gasteiger partial charge in [0.15, 0.2) is 0 Å². The maximum atomic E-state index is 12.6. The summed E-state index contributed by atoms with van der Waals surface area (Å²) in [7, 11) is 0. The number of nitrogens with zero attached hydrogens (tertiary/aromatic N) is 3. The van der Waals surface area contributed by atoms with Gasteiger partial charge in [-0.25, -0.2) is 4.98 Å². The van der Waals surface area contributed by atoms with Gasteiger partial charge in [0, 0.05) is 23.6 Å². The van der Waals surface area contributed by atoms with Gasteiger partial charge >= 0.3 is 0 Å². The molecule has 3 heterocycles. The van der Waals surface area contributed by atoms with E-state index in [-0.39, 0.29) is 17.9 Å². The third-order valence-corrected chi connectivity index (χ3v) is 5.99. The van der Waals surface area contributed by atoms with E-state index in [4.69, 9.17) is 5.73 Å². The fourth-order valence-corrected chi connectivity index (χ4v) is 4.09. The molecule has 9 heteroatoms. The first-order valence-electron chi connectivity index (χ1n) is 10.5. The number of imidazole rings is 1. The molecule has 0 spiro atoms. The van der Waals surface area contributed by atoms with Crippen LogP contribution in [-0.4, -0.2) is 31.8 Å². The summed E-state index contributed by atoms with van der Waals surface area (Å²) >= 11 is 1.30. The summed E-state index contributed by atoms with van der Waals surface area (Å²) < 4.78 is 0. The van der Waals surface area contributed by atoms with E-state index in [0.29, 0.717) is 23.5 Å². The third kappa shape index (κ3) is 5.36. The lowest BCUT2D eigenvalue weighted by molar-refractivity contribution is -0.118. The van der Waals surface area contributed by atoms with Crippen molar-refractivity contribution in [3.05, 3.63) is 65.1 Å². The molecular weight excluding hydrogens is 424 g/mol. The lowest BCUT2D eigenvalue weighted by atomic mass is 10.1. The number of amides is 2. The highest BCUT2D eigenvalue weighted by Crippen LogP contribution is 2.25. The van der Waals surface area contributed by atoms with E-state index < -0.39 is 0 Å². The Morgan fingerprint density at radius 2 is 2.03 bits per heavy atom. The molecule has 164 valence electrons. The first-order valence-corrected chi connectivity index (χ1v) is 11.4. The number of thiazole rings is 1. The van der Waals surface area contributed by atoms with Crippen molar-refractivity contribution in [1.29, 1.82) is 0 Å². The summed E-state index contributed by atoms with van der Waals surface area (Å²) in [5, 5.41) is 4.11. The van der Waals surface area contributed by atoms with Gasteiger partial charge in [0.05, 0.1) is 35.2 Å². The smallest absolute Gasteiger partial charge is 0.263 e. The Kier molecular flexibility index (Phi) is 6.86. The van der Waals surface area contributed by atoms with Crippen molar-refractivity contribution < 1.29 is 9.59 Å². The predicted octanol–water partition coefficient (Wildman–Crippen LogP) is 3.99. The zero-order valence-corrected chi connectivity index (χ0v) is 18.3. The number of nitrogens with one attached hydrogen (secondary N) is 2. The van der Waals surface area contributed by atoms with Crippen LogP contribution in [0.15, 0.2) is 54.4 Å². The van der Waals surface area contributed by atoms with Gasteiger partial charge in [-0.15, -0.1) is 11.3 Å². The number of rotatable bonds is 10. The zero-order valence-electron chi connectivity index (χ0n) is 17.5. The molecule has 0 saturated heterocycles. The predicted molar refractivity (Wildman–Crippen MR) is 124 cm³/mol. The largest absolute Gasteiger partial charge is 0.370 e. The van der Waals surface area contributed by atoms with E-state index in [1.165, 1.54) is 11.3 Å². The van der Waals surface area contributed by atoms with Crippen molar-refractivity contribution in [3.8, 4) is 11.3 Å². The lowest BCUT2D eigenvalue weighted by Gasteiger charge is -2.16. The molecule has 0 bridgehead atoms. The topological polar surface area (TPSA) is 127 Å². The quantitative estimate of drug-likeness (QED) is 0.316. The molecule has 4 rings (SSSR count). The van der Waals surface area contributed by atoms with E-state index in [1.54, 1.807) is 24.1 Å². The molecule has 1 atom stereocenters. The number of primary amides is 1. The third-order valence-electron chi connectivity index (χ3n) is 5.22. The summed E-state index contributed by atoms with van der Waals surface area (Å²) in [6, 6.07) is 9.69. The van der Waals surface area contributed by atoms with E-state index in [2.05, 4.69) is 31.3 Å². The molecule has 1 aromatic carbocycles. The van der Waals surface area contributed by atoms with Gasteiger partial charge in [0.25, 0.3) is 5.91 Å². The summed E-state index contributed by atoms with van der Waals surface area (Å²) in [6.45, 7) is 0. The van der Waals surface area contributed by atoms with Crippen LogP contribution in [0.2, 0.25) is 0 Å². The molecule has 32 heavy (non-hydrogen) atoms. The molecule has 0 aliphatic carbocycles. The molecule has 8 nitrogen and oxygen atoms in total. The molecule has 0 fully saturated rings. The van der Waals surface area contributed by atoms with Crippen molar-refractivity contribution >= 4 is 34.1 Å². The number of carbonyl (C=O) groups is 2. The number of H-pyrrole nitrogens is 1. The van der Waals surface area contributed by atoms with E-state index >= 15 is 0 Å². The van der Waals surface area contributed by atoms with E-state index in [0.717, 1.165) is 41.4 Å². The summed E-state index contributed by atoms with van der Waals surface area (Å²) in [5.41, 5.74) is 9.65. The number of pyridine rings is 1. The van der Waals surface area contributed by atoms with Crippen LogP contribution in [0.1, 0.15) is 53.6 Å². The van der Waals surface area contributed by atoms with Crippen LogP contribution < -0.4 is 11.1 Å². The molecule has 0 unspecified atom stereocenters. The second-order valence-corrected chi connectivity index (χ2v) is 8.44. The normalized spacial score (nSPS) is 12.0. The number of fused-ring (bicyclic) bond motifs is 1. The molecule has 2 amide bonds. The van der Waals surface area contributed by atoms with Crippen LogP contribution in [0.4, 0.5) is 0 Å². The van der Waals surface area contributed by atoms with Crippen LogP contribution in [-0.2, 0) is 4.79 Å². The average molecular weight is 449 g/mol. The standard InChI is InChI=1S/C23H24N6O2S/c24-21(30)7-3-1-2-6-18(29-23(31)20-13-25-14-32-20)22-27-12-19(28-22)16-8-9-17-15(11-16)5-4-10-26-17/h4-5,8-14,18H,1-3,6-7H2,(H2,24,30)(H,27,28)(H,29,31)/t18-/m0/s1. The zero-order chi connectivity index (χ0) is 22.3. The summed E-state index contributed by atoms with van der Waals surface area (Å²) in [4.78, 5) is 40.4. The highest BCUT2D eigenvalue weighted by Gasteiger charge is 2.20. The number of benzene rings is 1. The van der Waals surface area contributed by atoms with Crippen LogP contribution in [0.25, 0.3) is 22.2 Å². The van der Waals surface area contributed by atoms with Crippen molar-refractivity contribution in [2.45, 2.75) is 38.1 Å². The number of carbonyl (C=O) groups excluding carboxylic acids is 2. The highest BCUT2D eigenvalue weighted by atomic mass is 32.1. The van der Waals surface area contributed by atoms with Gasteiger partial charge in [-0.05, 0) is 31.0 Å². The SMILES string of the molecule is NC(=O)CCCCC[C@H](NC(=O)c1cncs1)c1ncc(-c2ccc3ncccc3c2)[nH]1. The lowest BCUT2D eigenvalue weighted by Crippen LogP contribution is -2.28. The van der Waals surface area contributed by atoms with Crippen LogP contribution in [0.5, 0.6) is 0 Å². The first kappa shape index (κ1) is 21.6. The maximum absolute atomic E-state index is 12.6. The van der Waals surface area contributed by atoms with Crippen LogP contribution in [0.3, 0.4) is 0 Å². The van der Waals surface area contributed by atoms with Gasteiger partial charge in [-0.3, -0.25) is 19.6 Å². The molecule has 4 N–H and O–H groups in total. The van der Waals surface area contributed by atoms with Gasteiger partial charge in [-0.1, -0.05) is 25.0 Å². The number of hydrogen-bond donors (Lipinski definition) is 3. The summed E-state index contributed by atoms with van der Waals surface area (Å²) in [5.74, 6) is 0.227. The molecule has 3 aromatic heterocycles. The van der Waals surface area contributed by atoms with Gasteiger partial charge in [0.1, 0.15) is 10.7 Å². The number of nitrogens with two attached hydrogens (primary N) is 1. The second-order valence-electron chi connectivity index (χ2n) is 7.55. The minimum atomic E-state index is -0.290. The number of unbranched alkanes of at least 4 members (excludes halogenated alkanes) is 2. The Bertz CT molecular complexity index is 1200. The maximum Gasteiger partial charge on any atom is 0.263 e. The van der Waals surface area contributed by atoms with Crippen molar-refractivity contribution in [3.63, 3.8) is 0 Å². The fraction of sp³-hybridized carbons (Fsp3) is 0.261. The molecule has 0 radical (unpaired) electrons. The Balaban J connectivity index is 1.51. The highest BCUT2D eigenvalue weighted by molar-refractivity contribution is 7.11. The van der Waals surface area contributed by atoms with Gasteiger partial charge in [-0.2, -0.15) is 0 Å². The molecule has 0 saturated carbocycles. The molecular formula is C23H24N6O2S. The van der Waals surface area contributed by atoms with Crippen molar-refractivity contribution in [2.75, 3.05) is 0 Å². The van der Waals surface area contributed by atoms with Gasteiger partial charge < -0.3 is 16.0 Å². The Morgan fingerprint density at radius 1 is 1.12 bits per heavy atom. The summed E-state index contributed by atoms with van der Waals surface area (Å²) in [6.07, 6.45) is 8.60. The Labute approximate surface area is 189 Å². The molecule has 0 aliphatic heterocycles. The minimum absolute atomic E-state index is 0.177. The monoisotopic (exact) mass is 448 g/mol. The van der Waals surface area contributed by atoms with Crippen molar-refractivity contribution in [1.82, 2.24) is 25.3 Å². The minimum Gasteiger partial charge on any atom is -0.370 e. The number of aromatic amines is 1. The molecule has 4 aromatic rings. The second kappa shape index (κ2) is 10.1. The van der Waals surface area contributed by atoms with E-state index in [1.807, 2.05) is 24.3 Å². The number of aromatic nitrogens is 4. The average Bonchev–Trinajstić information content (AvgIpc) is 3.50. The molecule has 0 aliphatic rings. The fourth-order valence-electron chi connectivity index (χ4n) is 3.56. The first-order chi connectivity index (χ1) is 15.6. The van der Waals surface area contributed by atoms with Crippen LogP contribution >= 0.6 is 11.3 Å². The van der Waals surface area contributed by atoms with Crippen LogP contribution in [0, 0.1) is 0 Å².